The van der Waals surface area contributed by atoms with Crippen molar-refractivity contribution in [3.8, 4) is 5.75 Å². The van der Waals surface area contributed by atoms with E-state index in [0.717, 1.165) is 5.56 Å². The maximum absolute atomic E-state index is 12.4. The lowest BCUT2D eigenvalue weighted by molar-refractivity contribution is 0.0234. The van der Waals surface area contributed by atoms with Gasteiger partial charge >= 0.3 is 0 Å². The van der Waals surface area contributed by atoms with Gasteiger partial charge in [0, 0.05) is 11.6 Å². The highest BCUT2D eigenvalue weighted by Gasteiger charge is 2.36. The molecule has 0 aliphatic heterocycles. The summed E-state index contributed by atoms with van der Waals surface area (Å²) < 4.78 is 5.20. The molecule has 2 heterocycles. The first-order valence-corrected chi connectivity index (χ1v) is 8.13. The molecule has 4 N–H and O–H groups in total. The summed E-state index contributed by atoms with van der Waals surface area (Å²) >= 11 is 1.22. The van der Waals surface area contributed by atoms with E-state index in [-0.39, 0.29) is 24.0 Å². The van der Waals surface area contributed by atoms with Crippen LogP contribution >= 0.6 is 11.3 Å². The maximum atomic E-state index is 12.4. The minimum atomic E-state index is -0.312. The van der Waals surface area contributed by atoms with Crippen LogP contribution in [0.15, 0.2) is 23.8 Å². The maximum Gasteiger partial charge on any atom is 0.271 e. The Bertz CT molecular complexity index is 700. The number of nitrogens with zero attached hydrogens (tertiary/aromatic N) is 2. The topological polar surface area (TPSA) is 110 Å². The van der Waals surface area contributed by atoms with Crippen LogP contribution in [0, 0.1) is 5.92 Å². The molecule has 1 aliphatic carbocycles. The Morgan fingerprint density at radius 2 is 2.30 bits per heavy atom. The summed E-state index contributed by atoms with van der Waals surface area (Å²) in [6.07, 6.45) is 4.28. The number of nitrogens with one attached hydrogen (secondary N) is 1. The zero-order chi connectivity index (χ0) is 16.4. The Morgan fingerprint density at radius 3 is 2.91 bits per heavy atom. The second kappa shape index (κ2) is 6.51. The molecule has 2 aromatic heterocycles. The van der Waals surface area contributed by atoms with Crippen molar-refractivity contribution in [1.82, 2.24) is 15.3 Å². The van der Waals surface area contributed by atoms with Gasteiger partial charge in [0.1, 0.15) is 11.4 Å². The van der Waals surface area contributed by atoms with Crippen molar-refractivity contribution in [3.63, 3.8) is 0 Å². The van der Waals surface area contributed by atoms with E-state index in [1.807, 2.05) is 6.07 Å². The number of ether oxygens (including phenoxy) is 1. The fourth-order valence-corrected chi connectivity index (χ4v) is 3.24. The molecule has 1 fully saturated rings. The van der Waals surface area contributed by atoms with E-state index in [0.29, 0.717) is 29.4 Å². The fraction of sp³-hybridized carbons (Fsp3) is 0.400. The van der Waals surface area contributed by atoms with Crippen molar-refractivity contribution < 1.29 is 14.6 Å². The SMILES string of the molecule is COc1cncc([C@H](NC(=O)c2csc(N)n2)C2CC(O)C2)c1. The van der Waals surface area contributed by atoms with E-state index in [4.69, 9.17) is 10.5 Å². The van der Waals surface area contributed by atoms with Gasteiger partial charge in [0.2, 0.25) is 0 Å². The Hall–Kier alpha value is -2.19. The van der Waals surface area contributed by atoms with Gasteiger partial charge in [-0.3, -0.25) is 9.78 Å². The first kappa shape index (κ1) is 15.7. The average molecular weight is 334 g/mol. The molecule has 2 aromatic rings. The van der Waals surface area contributed by atoms with Crippen molar-refractivity contribution in [3.05, 3.63) is 35.1 Å². The minimum absolute atomic E-state index is 0.152. The normalized spacial score (nSPS) is 21.3. The highest BCUT2D eigenvalue weighted by atomic mass is 32.1. The van der Waals surface area contributed by atoms with Gasteiger partial charge in [-0.2, -0.15) is 0 Å². The predicted octanol–water partition coefficient (Wildman–Crippen LogP) is 1.37. The van der Waals surface area contributed by atoms with Gasteiger partial charge in [0.15, 0.2) is 5.13 Å². The molecule has 0 aromatic carbocycles. The fourth-order valence-electron chi connectivity index (χ4n) is 2.70. The number of nitrogen functional groups attached to an aromatic ring is 1. The number of amides is 1. The van der Waals surface area contributed by atoms with Crippen LogP contribution in [-0.4, -0.2) is 34.2 Å². The number of carbonyl (C=O) groups is 1. The third kappa shape index (κ3) is 3.43. The lowest BCUT2D eigenvalue weighted by Crippen LogP contribution is -2.41. The van der Waals surface area contributed by atoms with Crippen LogP contribution in [0.3, 0.4) is 0 Å². The first-order chi connectivity index (χ1) is 11.1. The number of anilines is 1. The number of aromatic nitrogens is 2. The molecular formula is C15H18N4O3S. The molecule has 1 saturated carbocycles. The molecule has 7 nitrogen and oxygen atoms in total. The van der Waals surface area contributed by atoms with Crippen LogP contribution < -0.4 is 15.8 Å². The largest absolute Gasteiger partial charge is 0.495 e. The molecule has 0 saturated heterocycles. The average Bonchev–Trinajstić information content (AvgIpc) is 2.96. The number of aliphatic hydroxyl groups is 1. The summed E-state index contributed by atoms with van der Waals surface area (Å²) in [4.78, 5) is 20.5. The van der Waals surface area contributed by atoms with Gasteiger partial charge < -0.3 is 20.9 Å². The molecular weight excluding hydrogens is 316 g/mol. The highest BCUT2D eigenvalue weighted by Crippen LogP contribution is 2.38. The molecule has 1 atom stereocenters. The van der Waals surface area contributed by atoms with Crippen LogP contribution in [0.25, 0.3) is 0 Å². The quantitative estimate of drug-likeness (QED) is 0.762. The van der Waals surface area contributed by atoms with Crippen molar-refractivity contribution in [2.75, 3.05) is 12.8 Å². The number of thiazole rings is 1. The van der Waals surface area contributed by atoms with Crippen LogP contribution in [0.2, 0.25) is 0 Å². The standard InChI is InChI=1S/C15H18N4O3S/c1-22-11-4-9(5-17-6-11)13(8-2-10(20)3-8)19-14(21)12-7-23-15(16)18-12/h4-8,10,13,20H,2-3H2,1H3,(H2,16,18)(H,19,21)/t8?,10?,13-/m1/s1. The van der Waals surface area contributed by atoms with E-state index in [2.05, 4.69) is 15.3 Å². The third-order valence-electron chi connectivity index (χ3n) is 3.99. The van der Waals surface area contributed by atoms with Gasteiger partial charge in [-0.15, -0.1) is 11.3 Å². The number of aliphatic hydroxyl groups excluding tert-OH is 1. The summed E-state index contributed by atoms with van der Waals surface area (Å²) in [7, 11) is 1.57. The summed E-state index contributed by atoms with van der Waals surface area (Å²) in [6.45, 7) is 0. The van der Waals surface area contributed by atoms with Crippen LogP contribution in [0.5, 0.6) is 5.75 Å². The zero-order valence-electron chi connectivity index (χ0n) is 12.6. The van der Waals surface area contributed by atoms with E-state index >= 15 is 0 Å². The van der Waals surface area contributed by atoms with E-state index < -0.39 is 0 Å². The smallest absolute Gasteiger partial charge is 0.271 e. The predicted molar refractivity (Wildman–Crippen MR) is 86.3 cm³/mol. The van der Waals surface area contributed by atoms with Crippen LogP contribution in [0.4, 0.5) is 5.13 Å². The minimum Gasteiger partial charge on any atom is -0.495 e. The molecule has 1 amide bonds. The van der Waals surface area contributed by atoms with Gasteiger partial charge in [-0.1, -0.05) is 0 Å². The molecule has 0 bridgehead atoms. The van der Waals surface area contributed by atoms with Crippen molar-refractivity contribution in [2.24, 2.45) is 5.92 Å². The summed E-state index contributed by atoms with van der Waals surface area (Å²) in [6, 6.07) is 1.59. The monoisotopic (exact) mass is 334 g/mol. The number of methoxy groups -OCH3 is 1. The Kier molecular flexibility index (Phi) is 4.44. The summed E-state index contributed by atoms with van der Waals surface area (Å²) in [5.74, 6) is 0.491. The van der Waals surface area contributed by atoms with Crippen LogP contribution in [-0.2, 0) is 0 Å². The molecule has 0 radical (unpaired) electrons. The summed E-state index contributed by atoms with van der Waals surface area (Å²) in [5.41, 5.74) is 6.72. The van der Waals surface area contributed by atoms with Crippen LogP contribution in [0.1, 0.15) is 34.9 Å². The number of hydrogen-bond acceptors (Lipinski definition) is 7. The molecule has 0 spiro atoms. The summed E-state index contributed by atoms with van der Waals surface area (Å²) in [5, 5.41) is 14.6. The third-order valence-corrected chi connectivity index (χ3v) is 4.67. The van der Waals surface area contributed by atoms with Crippen molar-refractivity contribution in [2.45, 2.75) is 25.0 Å². The Balaban J connectivity index is 1.82. The van der Waals surface area contributed by atoms with Crippen molar-refractivity contribution in [1.29, 1.82) is 0 Å². The number of pyridine rings is 1. The lowest BCUT2D eigenvalue weighted by Gasteiger charge is -2.38. The second-order valence-corrected chi connectivity index (χ2v) is 6.46. The van der Waals surface area contributed by atoms with Gasteiger partial charge in [-0.05, 0) is 30.4 Å². The number of carbonyl (C=O) groups excluding carboxylic acids is 1. The highest BCUT2D eigenvalue weighted by molar-refractivity contribution is 7.13. The van der Waals surface area contributed by atoms with Gasteiger partial charge in [0.25, 0.3) is 5.91 Å². The van der Waals surface area contributed by atoms with Crippen molar-refractivity contribution >= 4 is 22.4 Å². The Morgan fingerprint density at radius 1 is 1.52 bits per heavy atom. The molecule has 23 heavy (non-hydrogen) atoms. The zero-order valence-corrected chi connectivity index (χ0v) is 13.4. The molecule has 122 valence electrons. The second-order valence-electron chi connectivity index (χ2n) is 5.57. The Labute approximate surface area is 137 Å². The van der Waals surface area contributed by atoms with E-state index in [1.165, 1.54) is 11.3 Å². The lowest BCUT2D eigenvalue weighted by atomic mass is 9.75. The van der Waals surface area contributed by atoms with Gasteiger partial charge in [-0.25, -0.2) is 4.98 Å². The van der Waals surface area contributed by atoms with E-state index in [1.54, 1.807) is 24.9 Å². The van der Waals surface area contributed by atoms with Gasteiger partial charge in [0.05, 0.1) is 25.5 Å². The molecule has 3 rings (SSSR count). The number of rotatable bonds is 5. The molecule has 1 aliphatic rings. The number of hydrogen-bond donors (Lipinski definition) is 3. The first-order valence-electron chi connectivity index (χ1n) is 7.25. The molecule has 0 unspecified atom stereocenters. The number of nitrogens with two attached hydrogens (primary N) is 1. The molecule has 8 heteroatoms. The van der Waals surface area contributed by atoms with E-state index in [9.17, 15) is 9.90 Å².